The SMILES string of the molecule is NC(=O)c1cc(=O)n([C@@H](c2ccc(SC(F)(F)F)cc2)C2CC2)c(-c2ncccn2)n1. The third kappa shape index (κ3) is 4.76. The molecule has 0 aliphatic heterocycles. The molecule has 0 bridgehead atoms. The van der Waals surface area contributed by atoms with Crippen molar-refractivity contribution in [1.29, 1.82) is 0 Å². The lowest BCUT2D eigenvalue weighted by Gasteiger charge is -2.23. The summed E-state index contributed by atoms with van der Waals surface area (Å²) in [6.45, 7) is 0. The molecule has 1 aliphatic carbocycles. The molecule has 2 heterocycles. The van der Waals surface area contributed by atoms with Gasteiger partial charge in [0.15, 0.2) is 11.6 Å². The summed E-state index contributed by atoms with van der Waals surface area (Å²) < 4.78 is 39.4. The van der Waals surface area contributed by atoms with Gasteiger partial charge in [-0.3, -0.25) is 14.2 Å². The van der Waals surface area contributed by atoms with Crippen LogP contribution >= 0.6 is 11.8 Å². The van der Waals surface area contributed by atoms with Crippen molar-refractivity contribution in [2.24, 2.45) is 11.7 Å². The van der Waals surface area contributed by atoms with Crippen LogP contribution in [-0.4, -0.2) is 30.9 Å². The van der Waals surface area contributed by atoms with Crippen LogP contribution in [0.2, 0.25) is 0 Å². The second kappa shape index (κ2) is 8.14. The molecule has 0 saturated heterocycles. The van der Waals surface area contributed by atoms with Gasteiger partial charge in [-0.1, -0.05) is 12.1 Å². The van der Waals surface area contributed by atoms with Crippen LogP contribution in [0.1, 0.15) is 34.9 Å². The summed E-state index contributed by atoms with van der Waals surface area (Å²) >= 11 is -0.203. The van der Waals surface area contributed by atoms with E-state index >= 15 is 0 Å². The molecule has 7 nitrogen and oxygen atoms in total. The number of nitrogens with zero attached hydrogens (tertiary/aromatic N) is 4. The highest BCUT2D eigenvalue weighted by Gasteiger charge is 2.37. The Morgan fingerprint density at radius 2 is 1.81 bits per heavy atom. The van der Waals surface area contributed by atoms with Gasteiger partial charge in [0.2, 0.25) is 0 Å². The van der Waals surface area contributed by atoms with Crippen molar-refractivity contribution in [1.82, 2.24) is 19.5 Å². The van der Waals surface area contributed by atoms with Crippen molar-refractivity contribution in [2.75, 3.05) is 0 Å². The molecule has 2 N–H and O–H groups in total. The number of thioether (sulfide) groups is 1. The van der Waals surface area contributed by atoms with Crippen LogP contribution < -0.4 is 11.3 Å². The standard InChI is InChI=1S/C20H16F3N5O2S/c21-20(22,23)31-13-6-4-12(5-7-13)16(11-2-3-11)28-15(29)10-14(17(24)30)27-19(28)18-25-8-1-9-26-18/h1,4-11,16H,2-3H2,(H2,24,30)/t16-/m1/s1. The molecule has 1 saturated carbocycles. The molecule has 11 heteroatoms. The van der Waals surface area contributed by atoms with Gasteiger partial charge in [-0.2, -0.15) is 13.2 Å². The van der Waals surface area contributed by atoms with Gasteiger partial charge in [-0.25, -0.2) is 15.0 Å². The van der Waals surface area contributed by atoms with Crippen LogP contribution in [0, 0.1) is 5.92 Å². The van der Waals surface area contributed by atoms with E-state index in [0.29, 0.717) is 5.56 Å². The number of benzene rings is 1. The Morgan fingerprint density at radius 3 is 2.35 bits per heavy atom. The van der Waals surface area contributed by atoms with Crippen molar-refractivity contribution in [2.45, 2.75) is 29.3 Å². The molecule has 3 aromatic rings. The molecule has 1 aliphatic rings. The van der Waals surface area contributed by atoms with E-state index in [1.165, 1.54) is 29.1 Å². The third-order valence-electron chi connectivity index (χ3n) is 4.77. The largest absolute Gasteiger partial charge is 0.446 e. The molecule has 1 atom stereocenters. The Labute approximate surface area is 178 Å². The number of carbonyl (C=O) groups is 1. The van der Waals surface area contributed by atoms with Gasteiger partial charge >= 0.3 is 5.51 Å². The number of nitrogens with two attached hydrogens (primary N) is 1. The summed E-state index contributed by atoms with van der Waals surface area (Å²) in [5, 5.41) is 0. The lowest BCUT2D eigenvalue weighted by atomic mass is 10.0. The minimum atomic E-state index is -4.39. The molecule has 31 heavy (non-hydrogen) atoms. The van der Waals surface area contributed by atoms with Crippen LogP contribution in [0.3, 0.4) is 0 Å². The normalized spacial score (nSPS) is 14.9. The highest BCUT2D eigenvalue weighted by Crippen LogP contribution is 2.45. The van der Waals surface area contributed by atoms with Crippen LogP contribution in [0.5, 0.6) is 0 Å². The minimum absolute atomic E-state index is 0.0481. The van der Waals surface area contributed by atoms with Gasteiger partial charge in [-0.05, 0) is 54.3 Å². The number of rotatable bonds is 6. The number of carbonyl (C=O) groups excluding carboxylic acids is 1. The molecule has 0 spiro atoms. The zero-order valence-corrected chi connectivity index (χ0v) is 16.7. The van der Waals surface area contributed by atoms with E-state index < -0.39 is 23.0 Å². The number of amides is 1. The van der Waals surface area contributed by atoms with Gasteiger partial charge in [0, 0.05) is 23.4 Å². The van der Waals surface area contributed by atoms with Gasteiger partial charge in [0.1, 0.15) is 5.69 Å². The second-order valence-corrected chi connectivity index (χ2v) is 8.15. The molecule has 1 fully saturated rings. The first-order valence-electron chi connectivity index (χ1n) is 9.29. The lowest BCUT2D eigenvalue weighted by Crippen LogP contribution is -2.31. The fraction of sp³-hybridized carbons (Fsp3) is 0.250. The Kier molecular flexibility index (Phi) is 5.52. The summed E-state index contributed by atoms with van der Waals surface area (Å²) in [5.41, 5.74) is 0.858. The topological polar surface area (TPSA) is 104 Å². The smallest absolute Gasteiger partial charge is 0.364 e. The van der Waals surface area contributed by atoms with Crippen LogP contribution in [0.4, 0.5) is 13.2 Å². The summed E-state index contributed by atoms with van der Waals surface area (Å²) in [6, 6.07) is 8.04. The Bertz CT molecular complexity index is 1160. The Hall–Kier alpha value is -3.21. The number of halogens is 3. The van der Waals surface area contributed by atoms with Gasteiger partial charge < -0.3 is 5.73 Å². The van der Waals surface area contributed by atoms with Gasteiger partial charge in [0.05, 0.1) is 6.04 Å². The van der Waals surface area contributed by atoms with E-state index in [2.05, 4.69) is 15.0 Å². The fourth-order valence-electron chi connectivity index (χ4n) is 3.37. The number of alkyl halides is 3. The van der Waals surface area contributed by atoms with Crippen molar-refractivity contribution in [3.63, 3.8) is 0 Å². The Balaban J connectivity index is 1.84. The van der Waals surface area contributed by atoms with Crippen LogP contribution in [0.15, 0.2) is 58.5 Å². The number of aromatic nitrogens is 4. The minimum Gasteiger partial charge on any atom is -0.364 e. The molecular formula is C20H16F3N5O2S. The highest BCUT2D eigenvalue weighted by atomic mass is 32.2. The molecule has 0 radical (unpaired) electrons. The zero-order valence-electron chi connectivity index (χ0n) is 15.9. The van der Waals surface area contributed by atoms with E-state index in [1.54, 1.807) is 18.2 Å². The predicted octanol–water partition coefficient (Wildman–Crippen LogP) is 3.41. The van der Waals surface area contributed by atoms with Crippen molar-refractivity contribution in [3.8, 4) is 11.6 Å². The first kappa shape index (κ1) is 21.0. The van der Waals surface area contributed by atoms with E-state index in [1.807, 2.05) is 0 Å². The average Bonchev–Trinajstić information content (AvgIpc) is 3.55. The van der Waals surface area contributed by atoms with E-state index in [-0.39, 0.29) is 39.9 Å². The second-order valence-electron chi connectivity index (χ2n) is 7.01. The first-order valence-corrected chi connectivity index (χ1v) is 10.1. The van der Waals surface area contributed by atoms with E-state index in [0.717, 1.165) is 18.9 Å². The highest BCUT2D eigenvalue weighted by molar-refractivity contribution is 8.00. The maximum absolute atomic E-state index is 13.0. The van der Waals surface area contributed by atoms with Crippen LogP contribution in [0.25, 0.3) is 11.6 Å². The molecule has 1 amide bonds. The molecule has 2 aromatic heterocycles. The average molecular weight is 447 g/mol. The third-order valence-corrected chi connectivity index (χ3v) is 5.51. The maximum atomic E-state index is 13.0. The summed E-state index contributed by atoms with van der Waals surface area (Å²) in [7, 11) is 0. The molecular weight excluding hydrogens is 431 g/mol. The van der Waals surface area contributed by atoms with E-state index in [9.17, 15) is 22.8 Å². The summed E-state index contributed by atoms with van der Waals surface area (Å²) in [5.74, 6) is -0.564. The van der Waals surface area contributed by atoms with Crippen molar-refractivity contribution >= 4 is 17.7 Å². The maximum Gasteiger partial charge on any atom is 0.446 e. The Morgan fingerprint density at radius 1 is 1.16 bits per heavy atom. The van der Waals surface area contributed by atoms with Gasteiger partial charge in [0.25, 0.3) is 11.5 Å². The molecule has 0 unspecified atom stereocenters. The van der Waals surface area contributed by atoms with Crippen molar-refractivity contribution in [3.05, 3.63) is 70.4 Å². The number of primary amides is 1. The lowest BCUT2D eigenvalue weighted by molar-refractivity contribution is -0.0328. The predicted molar refractivity (Wildman–Crippen MR) is 107 cm³/mol. The zero-order chi connectivity index (χ0) is 22.2. The first-order chi connectivity index (χ1) is 14.7. The molecule has 1 aromatic carbocycles. The molecule has 160 valence electrons. The van der Waals surface area contributed by atoms with Crippen LogP contribution in [-0.2, 0) is 0 Å². The van der Waals surface area contributed by atoms with Crippen molar-refractivity contribution < 1.29 is 18.0 Å². The number of hydrogen-bond acceptors (Lipinski definition) is 6. The molecule has 4 rings (SSSR count). The van der Waals surface area contributed by atoms with Gasteiger partial charge in [-0.15, -0.1) is 0 Å². The monoisotopic (exact) mass is 447 g/mol. The fourth-order valence-corrected chi connectivity index (χ4v) is 3.91. The summed E-state index contributed by atoms with van der Waals surface area (Å²) in [6.07, 6.45) is 4.63. The summed E-state index contributed by atoms with van der Waals surface area (Å²) in [4.78, 5) is 37.3. The quantitative estimate of drug-likeness (QED) is 0.581. The van der Waals surface area contributed by atoms with E-state index in [4.69, 9.17) is 5.73 Å². The number of hydrogen-bond donors (Lipinski definition) is 1.